The van der Waals surface area contributed by atoms with Gasteiger partial charge in [-0.05, 0) is 24.6 Å². The summed E-state index contributed by atoms with van der Waals surface area (Å²) in [7, 11) is 1.26. The molecule has 0 saturated heterocycles. The third-order valence-electron chi connectivity index (χ3n) is 2.98. The molecule has 134 valence electrons. The fourth-order valence-electron chi connectivity index (χ4n) is 1.84. The van der Waals surface area contributed by atoms with E-state index in [1.165, 1.54) is 7.11 Å². The largest absolute Gasteiger partial charge is 0.469 e. The smallest absolute Gasteiger partial charge is 0.416 e. The van der Waals surface area contributed by atoms with Gasteiger partial charge in [-0.25, -0.2) is 9.38 Å². The molecular formula is C15H19F4N3O2. The summed E-state index contributed by atoms with van der Waals surface area (Å²) in [6, 6.07) is 2.46. The quantitative estimate of drug-likeness (QED) is 0.358. The molecule has 9 heteroatoms. The highest BCUT2D eigenvalue weighted by Gasteiger charge is 2.33. The predicted octanol–water partition coefficient (Wildman–Crippen LogP) is 2.46. The van der Waals surface area contributed by atoms with Crippen molar-refractivity contribution in [2.24, 2.45) is 4.99 Å². The number of nitrogens with one attached hydrogen (secondary N) is 2. The van der Waals surface area contributed by atoms with Crippen LogP contribution in [0.5, 0.6) is 0 Å². The molecule has 0 heterocycles. The van der Waals surface area contributed by atoms with Gasteiger partial charge in [-0.3, -0.25) is 4.79 Å². The van der Waals surface area contributed by atoms with Crippen LogP contribution in [0.4, 0.5) is 17.6 Å². The molecule has 0 fully saturated rings. The summed E-state index contributed by atoms with van der Waals surface area (Å²) >= 11 is 0. The number of hydrogen-bond acceptors (Lipinski definition) is 3. The molecule has 0 spiro atoms. The molecule has 1 rings (SSSR count). The number of ether oxygens (including phenoxy) is 1. The first kappa shape index (κ1) is 19.7. The molecule has 0 saturated carbocycles. The lowest BCUT2D eigenvalue weighted by Gasteiger charge is -2.13. The Morgan fingerprint density at radius 2 is 2.00 bits per heavy atom. The van der Waals surface area contributed by atoms with Crippen LogP contribution in [0.25, 0.3) is 0 Å². The minimum absolute atomic E-state index is 0.0886. The van der Waals surface area contributed by atoms with Gasteiger partial charge in [0.05, 0.1) is 25.6 Å². The summed E-state index contributed by atoms with van der Waals surface area (Å²) in [5, 5.41) is 5.65. The molecule has 0 radical (unpaired) electrons. The molecule has 1 aromatic carbocycles. The summed E-state index contributed by atoms with van der Waals surface area (Å²) in [5.41, 5.74) is -1.20. The molecule has 0 bridgehead atoms. The Hall–Kier alpha value is -2.32. The molecule has 0 aromatic heterocycles. The lowest BCUT2D eigenvalue weighted by Crippen LogP contribution is -2.38. The second-order valence-corrected chi connectivity index (χ2v) is 4.75. The molecule has 5 nitrogen and oxygen atoms in total. The predicted molar refractivity (Wildman–Crippen MR) is 80.9 cm³/mol. The van der Waals surface area contributed by atoms with Crippen LogP contribution >= 0.6 is 0 Å². The number of carbonyl (C=O) groups is 1. The number of halogens is 4. The van der Waals surface area contributed by atoms with Gasteiger partial charge in [0, 0.05) is 13.1 Å². The SMILES string of the molecule is CCNC(=NCc1ccc(F)cc1C(F)(F)F)NCCC(=O)OC. The van der Waals surface area contributed by atoms with E-state index in [1.807, 2.05) is 0 Å². The Kier molecular flexibility index (Phi) is 7.47. The van der Waals surface area contributed by atoms with Gasteiger partial charge < -0.3 is 15.4 Å². The Morgan fingerprint density at radius 3 is 2.58 bits per heavy atom. The Balaban J connectivity index is 2.84. The highest BCUT2D eigenvalue weighted by Crippen LogP contribution is 2.32. The van der Waals surface area contributed by atoms with Crippen molar-refractivity contribution in [2.75, 3.05) is 20.2 Å². The van der Waals surface area contributed by atoms with Gasteiger partial charge in [0.15, 0.2) is 5.96 Å². The fourth-order valence-corrected chi connectivity index (χ4v) is 1.84. The van der Waals surface area contributed by atoms with Crippen LogP contribution < -0.4 is 10.6 Å². The third kappa shape index (κ3) is 6.43. The van der Waals surface area contributed by atoms with Crippen LogP contribution in [0.15, 0.2) is 23.2 Å². The van der Waals surface area contributed by atoms with E-state index in [9.17, 15) is 22.4 Å². The maximum absolute atomic E-state index is 13.1. The van der Waals surface area contributed by atoms with Crippen molar-refractivity contribution in [1.82, 2.24) is 10.6 Å². The molecule has 0 aliphatic heterocycles. The number of nitrogens with zero attached hydrogens (tertiary/aromatic N) is 1. The van der Waals surface area contributed by atoms with Crippen molar-refractivity contribution in [3.8, 4) is 0 Å². The van der Waals surface area contributed by atoms with Gasteiger partial charge in [0.1, 0.15) is 5.82 Å². The second-order valence-electron chi connectivity index (χ2n) is 4.75. The summed E-state index contributed by atoms with van der Waals surface area (Å²) in [6.45, 7) is 2.20. The van der Waals surface area contributed by atoms with Crippen molar-refractivity contribution in [3.63, 3.8) is 0 Å². The molecule has 0 unspecified atom stereocenters. The normalized spacial score (nSPS) is 12.0. The molecule has 0 amide bonds. The molecule has 24 heavy (non-hydrogen) atoms. The van der Waals surface area contributed by atoms with Gasteiger partial charge in [0.25, 0.3) is 0 Å². The molecular weight excluding hydrogens is 330 g/mol. The van der Waals surface area contributed by atoms with E-state index in [1.54, 1.807) is 6.92 Å². The van der Waals surface area contributed by atoms with E-state index >= 15 is 0 Å². The second kappa shape index (κ2) is 9.09. The maximum atomic E-state index is 13.1. The average Bonchev–Trinajstić information content (AvgIpc) is 2.52. The average molecular weight is 349 g/mol. The number of carbonyl (C=O) groups excluding carboxylic acids is 1. The van der Waals surface area contributed by atoms with Crippen LogP contribution in [0, 0.1) is 5.82 Å². The highest BCUT2D eigenvalue weighted by atomic mass is 19.4. The number of guanidine groups is 1. The van der Waals surface area contributed by atoms with Gasteiger partial charge in [-0.1, -0.05) is 6.07 Å². The molecule has 0 atom stereocenters. The van der Waals surface area contributed by atoms with Gasteiger partial charge in [-0.2, -0.15) is 13.2 Å². The van der Waals surface area contributed by atoms with E-state index in [4.69, 9.17) is 0 Å². The maximum Gasteiger partial charge on any atom is 0.416 e. The molecule has 2 N–H and O–H groups in total. The Bertz CT molecular complexity index is 589. The number of aliphatic imine (C=N–C) groups is 1. The van der Waals surface area contributed by atoms with Crippen molar-refractivity contribution in [3.05, 3.63) is 35.1 Å². The van der Waals surface area contributed by atoms with Crippen LogP contribution in [0.3, 0.4) is 0 Å². The molecule has 0 aliphatic rings. The fraction of sp³-hybridized carbons (Fsp3) is 0.467. The first-order chi connectivity index (χ1) is 11.3. The Morgan fingerprint density at radius 1 is 1.29 bits per heavy atom. The number of esters is 1. The zero-order valence-corrected chi connectivity index (χ0v) is 13.3. The number of hydrogen-bond donors (Lipinski definition) is 2. The lowest BCUT2D eigenvalue weighted by molar-refractivity contribution is -0.140. The lowest BCUT2D eigenvalue weighted by atomic mass is 10.1. The third-order valence-corrected chi connectivity index (χ3v) is 2.98. The van der Waals surface area contributed by atoms with Crippen molar-refractivity contribution in [2.45, 2.75) is 26.1 Å². The zero-order valence-electron chi connectivity index (χ0n) is 13.3. The monoisotopic (exact) mass is 349 g/mol. The summed E-state index contributed by atoms with van der Waals surface area (Å²) < 4.78 is 56.4. The van der Waals surface area contributed by atoms with Gasteiger partial charge in [0.2, 0.25) is 0 Å². The number of alkyl halides is 3. The summed E-state index contributed by atoms with van der Waals surface area (Å²) in [5.74, 6) is -1.13. The number of benzene rings is 1. The van der Waals surface area contributed by atoms with E-state index in [2.05, 4.69) is 20.4 Å². The van der Waals surface area contributed by atoms with Crippen LogP contribution in [0.2, 0.25) is 0 Å². The number of methoxy groups -OCH3 is 1. The first-order valence-electron chi connectivity index (χ1n) is 7.22. The topological polar surface area (TPSA) is 62.7 Å². The molecule has 0 aliphatic carbocycles. The summed E-state index contributed by atoms with van der Waals surface area (Å²) in [6.07, 6.45) is -4.57. The van der Waals surface area contributed by atoms with Gasteiger partial charge >= 0.3 is 12.1 Å². The van der Waals surface area contributed by atoms with Crippen LogP contribution in [-0.2, 0) is 22.3 Å². The molecule has 1 aromatic rings. The first-order valence-corrected chi connectivity index (χ1v) is 7.22. The minimum Gasteiger partial charge on any atom is -0.469 e. The van der Waals surface area contributed by atoms with Crippen LogP contribution in [0.1, 0.15) is 24.5 Å². The highest BCUT2D eigenvalue weighted by molar-refractivity contribution is 5.80. The van der Waals surface area contributed by atoms with Crippen molar-refractivity contribution in [1.29, 1.82) is 0 Å². The van der Waals surface area contributed by atoms with Crippen LogP contribution in [-0.4, -0.2) is 32.1 Å². The van der Waals surface area contributed by atoms with E-state index in [0.29, 0.717) is 12.6 Å². The Labute approximate surface area is 137 Å². The standard InChI is InChI=1S/C15H19F4N3O2/c1-3-20-14(21-7-6-13(23)24-2)22-9-10-4-5-11(16)8-12(10)15(17,18)19/h4-5,8H,3,6-7,9H2,1-2H3,(H2,20,21,22). The van der Waals surface area contributed by atoms with Crippen molar-refractivity contribution >= 4 is 11.9 Å². The van der Waals surface area contributed by atoms with Crippen molar-refractivity contribution < 1.29 is 27.1 Å². The van der Waals surface area contributed by atoms with E-state index in [-0.39, 0.29) is 31.0 Å². The zero-order chi connectivity index (χ0) is 18.2. The van der Waals surface area contributed by atoms with Gasteiger partial charge in [-0.15, -0.1) is 0 Å². The van der Waals surface area contributed by atoms with E-state index < -0.39 is 23.5 Å². The van der Waals surface area contributed by atoms with E-state index in [0.717, 1.165) is 12.1 Å². The minimum atomic E-state index is -4.66. The summed E-state index contributed by atoms with van der Waals surface area (Å²) in [4.78, 5) is 15.1. The number of rotatable bonds is 6.